The predicted molar refractivity (Wildman–Crippen MR) is 101 cm³/mol. The van der Waals surface area contributed by atoms with Gasteiger partial charge in [-0.05, 0) is 43.7 Å². The minimum Gasteiger partial charge on any atom is -0.305 e. The monoisotopic (exact) mass is 366 g/mol. The second-order valence-electron chi connectivity index (χ2n) is 5.77. The van der Waals surface area contributed by atoms with Gasteiger partial charge in [-0.15, -0.1) is 11.3 Å². The van der Waals surface area contributed by atoms with Gasteiger partial charge < -0.3 is 5.32 Å². The lowest BCUT2D eigenvalue weighted by molar-refractivity contribution is 0.445. The van der Waals surface area contributed by atoms with Gasteiger partial charge in [0.05, 0.1) is 4.90 Å². The minimum atomic E-state index is -3.38. The first-order valence-electron chi connectivity index (χ1n) is 8.27. The van der Waals surface area contributed by atoms with Gasteiger partial charge in [0, 0.05) is 35.4 Å². The van der Waals surface area contributed by atoms with Crippen LogP contribution in [0.1, 0.15) is 42.1 Å². The average molecular weight is 367 g/mol. The quantitative estimate of drug-likeness (QED) is 0.770. The molecule has 132 valence electrons. The number of nitrogens with one attached hydrogen (secondary N) is 1. The second-order valence-corrected chi connectivity index (χ2v) is 9.08. The van der Waals surface area contributed by atoms with Gasteiger partial charge in [-0.3, -0.25) is 0 Å². The fourth-order valence-electron chi connectivity index (χ4n) is 2.59. The highest BCUT2D eigenvalue weighted by Gasteiger charge is 2.21. The normalized spacial score (nSPS) is 13.4. The zero-order chi connectivity index (χ0) is 17.7. The van der Waals surface area contributed by atoms with Crippen molar-refractivity contribution in [3.05, 3.63) is 51.7 Å². The molecule has 1 aromatic heterocycles. The third-order valence-corrected chi connectivity index (χ3v) is 7.17. The third kappa shape index (κ3) is 4.45. The maximum Gasteiger partial charge on any atom is 0.243 e. The third-order valence-electron chi connectivity index (χ3n) is 4.10. The van der Waals surface area contributed by atoms with E-state index in [0.29, 0.717) is 18.0 Å². The Balaban J connectivity index is 2.05. The highest BCUT2D eigenvalue weighted by Crippen LogP contribution is 2.21. The molecule has 4 nitrogen and oxygen atoms in total. The zero-order valence-corrected chi connectivity index (χ0v) is 16.4. The summed E-state index contributed by atoms with van der Waals surface area (Å²) in [6.07, 6.45) is 0. The summed E-state index contributed by atoms with van der Waals surface area (Å²) in [5.41, 5.74) is 1.08. The molecule has 0 unspecified atom stereocenters. The van der Waals surface area contributed by atoms with Crippen LogP contribution < -0.4 is 5.32 Å². The van der Waals surface area contributed by atoms with Crippen LogP contribution in [-0.4, -0.2) is 25.8 Å². The van der Waals surface area contributed by atoms with Crippen LogP contribution in [0.4, 0.5) is 0 Å². The number of benzene rings is 1. The maximum absolute atomic E-state index is 12.5. The summed E-state index contributed by atoms with van der Waals surface area (Å²) in [6, 6.07) is 11.6. The van der Waals surface area contributed by atoms with Crippen molar-refractivity contribution in [2.45, 2.75) is 45.2 Å². The number of aryl methyl sites for hydroxylation is 1. The van der Waals surface area contributed by atoms with Gasteiger partial charge in [0.2, 0.25) is 10.0 Å². The van der Waals surface area contributed by atoms with Crippen molar-refractivity contribution < 1.29 is 8.42 Å². The van der Waals surface area contributed by atoms with Crippen LogP contribution in [0.2, 0.25) is 0 Å². The summed E-state index contributed by atoms with van der Waals surface area (Å²) in [4.78, 5) is 2.97. The van der Waals surface area contributed by atoms with Gasteiger partial charge >= 0.3 is 0 Å². The summed E-state index contributed by atoms with van der Waals surface area (Å²) < 4.78 is 26.5. The first kappa shape index (κ1) is 19.1. The Labute approximate surface area is 149 Å². The summed E-state index contributed by atoms with van der Waals surface area (Å²) >= 11 is 1.79. The molecule has 1 heterocycles. The Morgan fingerprint density at radius 2 is 1.71 bits per heavy atom. The molecule has 0 radical (unpaired) electrons. The van der Waals surface area contributed by atoms with E-state index in [1.54, 1.807) is 23.5 Å². The Kier molecular flexibility index (Phi) is 6.57. The number of sulfonamides is 1. The molecule has 0 fully saturated rings. The van der Waals surface area contributed by atoms with E-state index in [-0.39, 0.29) is 6.04 Å². The van der Waals surface area contributed by atoms with Crippen molar-refractivity contribution in [3.63, 3.8) is 0 Å². The maximum atomic E-state index is 12.5. The standard InChI is InChI=1S/C18H26N2O2S2/c1-5-20(6-2)24(21,22)18-11-8-16(9-12-18)15(4)19-13-17-10-7-14(3)23-17/h7-12,15,19H,5-6,13H2,1-4H3/t15-/m1/s1. The van der Waals surface area contributed by atoms with Crippen LogP contribution in [0.3, 0.4) is 0 Å². The van der Waals surface area contributed by atoms with Crippen molar-refractivity contribution >= 4 is 21.4 Å². The molecule has 24 heavy (non-hydrogen) atoms. The van der Waals surface area contributed by atoms with Gasteiger partial charge in [-0.2, -0.15) is 4.31 Å². The van der Waals surface area contributed by atoms with E-state index in [0.717, 1.165) is 12.1 Å². The average Bonchev–Trinajstić information content (AvgIpc) is 2.99. The highest BCUT2D eigenvalue weighted by atomic mass is 32.2. The van der Waals surface area contributed by atoms with Crippen LogP contribution in [0.5, 0.6) is 0 Å². The SMILES string of the molecule is CCN(CC)S(=O)(=O)c1ccc([C@@H](C)NCc2ccc(C)s2)cc1. The molecule has 1 N–H and O–H groups in total. The van der Waals surface area contributed by atoms with Crippen molar-refractivity contribution in [2.24, 2.45) is 0 Å². The number of hydrogen-bond acceptors (Lipinski definition) is 4. The lowest BCUT2D eigenvalue weighted by Gasteiger charge is -2.19. The summed E-state index contributed by atoms with van der Waals surface area (Å²) in [5, 5.41) is 3.48. The van der Waals surface area contributed by atoms with Gasteiger partial charge in [-0.25, -0.2) is 8.42 Å². The molecule has 0 saturated heterocycles. The zero-order valence-electron chi connectivity index (χ0n) is 14.7. The Bertz CT molecular complexity index is 748. The van der Waals surface area contributed by atoms with Crippen molar-refractivity contribution in [3.8, 4) is 0 Å². The fourth-order valence-corrected chi connectivity index (χ4v) is 4.89. The van der Waals surface area contributed by atoms with E-state index in [1.807, 2.05) is 26.0 Å². The van der Waals surface area contributed by atoms with Crippen molar-refractivity contribution in [2.75, 3.05) is 13.1 Å². The molecule has 1 aromatic carbocycles. The lowest BCUT2D eigenvalue weighted by Crippen LogP contribution is -2.30. The molecule has 0 amide bonds. The second kappa shape index (κ2) is 8.25. The van der Waals surface area contributed by atoms with E-state index >= 15 is 0 Å². The molecule has 0 bridgehead atoms. The summed E-state index contributed by atoms with van der Waals surface area (Å²) in [5.74, 6) is 0. The van der Waals surface area contributed by atoms with Gasteiger partial charge in [0.25, 0.3) is 0 Å². The van der Waals surface area contributed by atoms with E-state index < -0.39 is 10.0 Å². The topological polar surface area (TPSA) is 49.4 Å². The molecule has 0 aliphatic rings. The molecule has 6 heteroatoms. The van der Waals surface area contributed by atoms with Crippen LogP contribution in [0.25, 0.3) is 0 Å². The molecular formula is C18H26N2O2S2. The number of thiophene rings is 1. The smallest absolute Gasteiger partial charge is 0.243 e. The Morgan fingerprint density at radius 1 is 1.08 bits per heavy atom. The van der Waals surface area contributed by atoms with Crippen LogP contribution in [0, 0.1) is 6.92 Å². The van der Waals surface area contributed by atoms with Crippen LogP contribution >= 0.6 is 11.3 Å². The number of nitrogens with zero attached hydrogens (tertiary/aromatic N) is 1. The van der Waals surface area contributed by atoms with E-state index in [2.05, 4.69) is 31.3 Å². The molecule has 0 aliphatic heterocycles. The van der Waals surface area contributed by atoms with Gasteiger partial charge in [0.15, 0.2) is 0 Å². The fraction of sp³-hybridized carbons (Fsp3) is 0.444. The molecule has 0 aliphatic carbocycles. The summed E-state index contributed by atoms with van der Waals surface area (Å²) in [7, 11) is -3.38. The first-order chi connectivity index (χ1) is 11.4. The van der Waals surface area contributed by atoms with Crippen molar-refractivity contribution in [1.82, 2.24) is 9.62 Å². The number of rotatable bonds is 8. The van der Waals surface area contributed by atoms with Crippen LogP contribution in [-0.2, 0) is 16.6 Å². The molecule has 2 aromatic rings. The Hall–Kier alpha value is -1.21. The largest absolute Gasteiger partial charge is 0.305 e. The highest BCUT2D eigenvalue weighted by molar-refractivity contribution is 7.89. The van der Waals surface area contributed by atoms with E-state index in [4.69, 9.17) is 0 Å². The molecular weight excluding hydrogens is 340 g/mol. The van der Waals surface area contributed by atoms with Gasteiger partial charge in [-0.1, -0.05) is 26.0 Å². The van der Waals surface area contributed by atoms with E-state index in [9.17, 15) is 8.42 Å². The van der Waals surface area contributed by atoms with E-state index in [1.165, 1.54) is 14.1 Å². The Morgan fingerprint density at radius 3 is 2.21 bits per heavy atom. The summed E-state index contributed by atoms with van der Waals surface area (Å²) in [6.45, 7) is 9.69. The number of hydrogen-bond donors (Lipinski definition) is 1. The minimum absolute atomic E-state index is 0.164. The lowest BCUT2D eigenvalue weighted by atomic mass is 10.1. The first-order valence-corrected chi connectivity index (χ1v) is 10.5. The molecule has 2 rings (SSSR count). The molecule has 1 atom stereocenters. The van der Waals surface area contributed by atoms with Crippen molar-refractivity contribution in [1.29, 1.82) is 0 Å². The molecule has 0 spiro atoms. The molecule has 0 saturated carbocycles. The van der Waals surface area contributed by atoms with Crippen LogP contribution in [0.15, 0.2) is 41.3 Å². The van der Waals surface area contributed by atoms with Gasteiger partial charge in [0.1, 0.15) is 0 Å². The predicted octanol–water partition coefficient (Wildman–Crippen LogP) is 3.94.